The standard InChI is InChI=1S/C14H16N2O3S2/c1-2-16(9-11-6-4-3-5-7-11)14(17)12-8-13(20-10-12)21(15,18)19/h3-8,10H,2,9H2,1H3,(H2,15,18,19). The number of hydrogen-bond acceptors (Lipinski definition) is 4. The van der Waals surface area contributed by atoms with Crippen molar-refractivity contribution in [2.45, 2.75) is 17.7 Å². The predicted molar refractivity (Wildman–Crippen MR) is 82.5 cm³/mol. The first kappa shape index (κ1) is 15.7. The summed E-state index contributed by atoms with van der Waals surface area (Å²) in [6, 6.07) is 11.0. The molecule has 0 bridgehead atoms. The topological polar surface area (TPSA) is 80.5 Å². The van der Waals surface area contributed by atoms with Gasteiger partial charge in [-0.3, -0.25) is 4.79 Å². The molecule has 0 spiro atoms. The van der Waals surface area contributed by atoms with Crippen molar-refractivity contribution in [3.8, 4) is 0 Å². The third-order valence-corrected chi connectivity index (χ3v) is 5.37. The summed E-state index contributed by atoms with van der Waals surface area (Å²) >= 11 is 0.959. The summed E-state index contributed by atoms with van der Waals surface area (Å²) in [6.07, 6.45) is 0. The van der Waals surface area contributed by atoms with Gasteiger partial charge in [-0.2, -0.15) is 0 Å². The van der Waals surface area contributed by atoms with E-state index in [1.54, 1.807) is 4.90 Å². The Morgan fingerprint density at radius 3 is 2.48 bits per heavy atom. The summed E-state index contributed by atoms with van der Waals surface area (Å²) in [4.78, 5) is 14.1. The molecule has 0 aliphatic heterocycles. The van der Waals surface area contributed by atoms with Gasteiger partial charge in [0.1, 0.15) is 4.21 Å². The van der Waals surface area contributed by atoms with Crippen molar-refractivity contribution in [2.24, 2.45) is 5.14 Å². The molecule has 2 N–H and O–H groups in total. The number of thiophene rings is 1. The van der Waals surface area contributed by atoms with Gasteiger partial charge < -0.3 is 4.90 Å². The summed E-state index contributed by atoms with van der Waals surface area (Å²) in [7, 11) is -3.76. The Bertz CT molecular complexity index is 724. The fraction of sp³-hybridized carbons (Fsp3) is 0.214. The van der Waals surface area contributed by atoms with E-state index in [1.165, 1.54) is 11.4 Å². The van der Waals surface area contributed by atoms with E-state index >= 15 is 0 Å². The maximum absolute atomic E-state index is 12.4. The van der Waals surface area contributed by atoms with Crippen LogP contribution >= 0.6 is 11.3 Å². The SMILES string of the molecule is CCN(Cc1ccccc1)C(=O)c1csc(S(N)(=O)=O)c1. The van der Waals surface area contributed by atoms with Crippen LogP contribution in [0.5, 0.6) is 0 Å². The quantitative estimate of drug-likeness (QED) is 0.914. The fourth-order valence-corrected chi connectivity index (χ4v) is 3.47. The van der Waals surface area contributed by atoms with Crippen LogP contribution in [0.15, 0.2) is 46.0 Å². The average Bonchev–Trinajstić information content (AvgIpc) is 2.95. The van der Waals surface area contributed by atoms with Crippen molar-refractivity contribution in [3.05, 3.63) is 52.9 Å². The molecule has 7 heteroatoms. The molecule has 2 aromatic rings. The van der Waals surface area contributed by atoms with Gasteiger partial charge in [0.25, 0.3) is 5.91 Å². The summed E-state index contributed by atoms with van der Waals surface area (Å²) in [6.45, 7) is 2.90. The highest BCUT2D eigenvalue weighted by Crippen LogP contribution is 2.20. The van der Waals surface area contributed by atoms with E-state index in [0.717, 1.165) is 16.9 Å². The molecule has 0 aliphatic carbocycles. The molecule has 1 heterocycles. The number of carbonyl (C=O) groups excluding carboxylic acids is 1. The third kappa shape index (κ3) is 3.90. The van der Waals surface area contributed by atoms with Gasteiger partial charge in [-0.15, -0.1) is 11.3 Å². The van der Waals surface area contributed by atoms with Gasteiger partial charge in [-0.1, -0.05) is 30.3 Å². The van der Waals surface area contributed by atoms with Crippen LogP contribution in [-0.2, 0) is 16.6 Å². The largest absolute Gasteiger partial charge is 0.335 e. The van der Waals surface area contributed by atoms with Crippen molar-refractivity contribution >= 4 is 27.3 Å². The molecule has 2 rings (SSSR count). The van der Waals surface area contributed by atoms with E-state index in [2.05, 4.69) is 0 Å². The Balaban J connectivity index is 2.19. The summed E-state index contributed by atoms with van der Waals surface area (Å²) < 4.78 is 22.5. The van der Waals surface area contributed by atoms with Gasteiger partial charge in [0, 0.05) is 18.5 Å². The minimum atomic E-state index is -3.76. The molecule has 0 radical (unpaired) electrons. The number of nitrogens with zero attached hydrogens (tertiary/aromatic N) is 1. The fourth-order valence-electron chi connectivity index (χ4n) is 1.89. The van der Waals surface area contributed by atoms with E-state index in [4.69, 9.17) is 5.14 Å². The number of hydrogen-bond donors (Lipinski definition) is 1. The van der Waals surface area contributed by atoms with Crippen molar-refractivity contribution in [3.63, 3.8) is 0 Å². The Morgan fingerprint density at radius 2 is 1.95 bits per heavy atom. The lowest BCUT2D eigenvalue weighted by atomic mass is 10.2. The zero-order valence-corrected chi connectivity index (χ0v) is 13.2. The summed E-state index contributed by atoms with van der Waals surface area (Å²) in [5.74, 6) is -0.201. The van der Waals surface area contributed by atoms with E-state index in [9.17, 15) is 13.2 Å². The van der Waals surface area contributed by atoms with E-state index in [1.807, 2.05) is 37.3 Å². The molecular formula is C14H16N2O3S2. The highest BCUT2D eigenvalue weighted by atomic mass is 32.2. The van der Waals surface area contributed by atoms with Crippen LogP contribution in [-0.4, -0.2) is 25.8 Å². The molecule has 0 saturated heterocycles. The first-order valence-corrected chi connectivity index (χ1v) is 8.79. The zero-order valence-electron chi connectivity index (χ0n) is 11.5. The van der Waals surface area contributed by atoms with Crippen molar-refractivity contribution in [1.29, 1.82) is 0 Å². The van der Waals surface area contributed by atoms with Crippen LogP contribution in [0.1, 0.15) is 22.8 Å². The summed E-state index contributed by atoms with van der Waals surface area (Å²) in [5, 5.41) is 6.58. The lowest BCUT2D eigenvalue weighted by molar-refractivity contribution is 0.0753. The lowest BCUT2D eigenvalue weighted by Crippen LogP contribution is -2.30. The van der Waals surface area contributed by atoms with E-state index < -0.39 is 10.0 Å². The maximum atomic E-state index is 12.4. The van der Waals surface area contributed by atoms with Gasteiger partial charge in [0.05, 0.1) is 5.56 Å². The molecule has 0 saturated carbocycles. The second kappa shape index (κ2) is 6.38. The molecule has 1 amide bonds. The number of carbonyl (C=O) groups is 1. The molecule has 21 heavy (non-hydrogen) atoms. The number of sulfonamides is 1. The van der Waals surface area contributed by atoms with E-state index in [-0.39, 0.29) is 10.1 Å². The second-order valence-electron chi connectivity index (χ2n) is 4.50. The van der Waals surface area contributed by atoms with Crippen LogP contribution in [0.3, 0.4) is 0 Å². The molecule has 0 atom stereocenters. The first-order chi connectivity index (χ1) is 9.91. The molecule has 0 fully saturated rings. The van der Waals surface area contributed by atoms with Crippen molar-refractivity contribution in [1.82, 2.24) is 4.90 Å². The highest BCUT2D eigenvalue weighted by Gasteiger charge is 2.19. The normalized spacial score (nSPS) is 11.3. The van der Waals surface area contributed by atoms with Gasteiger partial charge in [-0.25, -0.2) is 13.6 Å². The van der Waals surface area contributed by atoms with Gasteiger partial charge in [0.2, 0.25) is 10.0 Å². The zero-order chi connectivity index (χ0) is 15.5. The number of nitrogens with two attached hydrogens (primary N) is 1. The predicted octanol–water partition coefficient (Wildman–Crippen LogP) is 2.06. The monoisotopic (exact) mass is 324 g/mol. The smallest absolute Gasteiger partial charge is 0.255 e. The molecular weight excluding hydrogens is 308 g/mol. The van der Waals surface area contributed by atoms with Crippen LogP contribution < -0.4 is 5.14 Å². The number of primary sulfonamides is 1. The second-order valence-corrected chi connectivity index (χ2v) is 7.20. The molecule has 5 nitrogen and oxygen atoms in total. The molecule has 1 aromatic carbocycles. The van der Waals surface area contributed by atoms with Crippen LogP contribution in [0.4, 0.5) is 0 Å². The molecule has 0 aliphatic rings. The molecule has 1 aromatic heterocycles. The highest BCUT2D eigenvalue weighted by molar-refractivity contribution is 7.91. The Labute approximate surface area is 128 Å². The third-order valence-electron chi connectivity index (χ3n) is 2.99. The molecule has 112 valence electrons. The lowest BCUT2D eigenvalue weighted by Gasteiger charge is -2.20. The van der Waals surface area contributed by atoms with Crippen molar-refractivity contribution in [2.75, 3.05) is 6.54 Å². The van der Waals surface area contributed by atoms with Crippen LogP contribution in [0, 0.1) is 0 Å². The average molecular weight is 324 g/mol. The summed E-state index contributed by atoms with van der Waals surface area (Å²) in [5.41, 5.74) is 1.37. The van der Waals surface area contributed by atoms with Gasteiger partial charge in [0.15, 0.2) is 0 Å². The van der Waals surface area contributed by atoms with Crippen LogP contribution in [0.2, 0.25) is 0 Å². The van der Waals surface area contributed by atoms with E-state index in [0.29, 0.717) is 18.7 Å². The number of rotatable bonds is 5. The number of amides is 1. The maximum Gasteiger partial charge on any atom is 0.255 e. The van der Waals surface area contributed by atoms with Crippen LogP contribution in [0.25, 0.3) is 0 Å². The minimum absolute atomic E-state index is 0.00149. The minimum Gasteiger partial charge on any atom is -0.335 e. The number of benzene rings is 1. The first-order valence-electron chi connectivity index (χ1n) is 6.36. The Hall–Kier alpha value is -1.70. The van der Waals surface area contributed by atoms with Crippen molar-refractivity contribution < 1.29 is 13.2 Å². The van der Waals surface area contributed by atoms with Gasteiger partial charge in [-0.05, 0) is 18.6 Å². The Kier molecular flexibility index (Phi) is 4.76. The molecule has 0 unspecified atom stereocenters. The Morgan fingerprint density at radius 1 is 1.29 bits per heavy atom. The van der Waals surface area contributed by atoms with Gasteiger partial charge >= 0.3 is 0 Å².